The Morgan fingerprint density at radius 1 is 1.00 bits per heavy atom. The molecule has 0 aliphatic rings. The Morgan fingerprint density at radius 3 is 2.11 bits per heavy atom. The molecule has 0 spiro atoms. The largest absolute Gasteiger partial charge is 0.398 e. The molecule has 0 aromatic heterocycles. The van der Waals surface area contributed by atoms with Crippen LogP contribution in [0.15, 0.2) is 47.4 Å². The number of aryl methyl sites for hydroxylation is 1. The van der Waals surface area contributed by atoms with Crippen LogP contribution in [-0.2, 0) is 10.0 Å². The van der Waals surface area contributed by atoms with Gasteiger partial charge in [0.05, 0.1) is 4.90 Å². The van der Waals surface area contributed by atoms with E-state index in [0.717, 1.165) is 22.4 Å². The van der Waals surface area contributed by atoms with Crippen molar-refractivity contribution in [1.82, 2.24) is 4.72 Å². The molecule has 3 N–H and O–H groups in total. The molecule has 2 aromatic carbocycles. The Labute approximate surface area is 113 Å². The molecule has 0 fully saturated rings. The first kappa shape index (κ1) is 13.6. The number of nitrogen functional groups attached to an aromatic ring is 1. The highest BCUT2D eigenvalue weighted by molar-refractivity contribution is 7.89. The molecule has 5 heteroatoms. The number of hydrogen-bond acceptors (Lipinski definition) is 3. The minimum atomic E-state index is -3.39. The quantitative estimate of drug-likeness (QED) is 0.844. The monoisotopic (exact) mass is 276 g/mol. The van der Waals surface area contributed by atoms with Crippen LogP contribution in [0.5, 0.6) is 0 Å². The fraction of sp³-hybridized carbons (Fsp3) is 0.143. The van der Waals surface area contributed by atoms with E-state index in [9.17, 15) is 8.42 Å². The van der Waals surface area contributed by atoms with E-state index in [2.05, 4.69) is 4.72 Å². The number of sulfonamides is 1. The highest BCUT2D eigenvalue weighted by Crippen LogP contribution is 2.24. The van der Waals surface area contributed by atoms with Crippen molar-refractivity contribution in [2.24, 2.45) is 0 Å². The molecule has 0 saturated heterocycles. The van der Waals surface area contributed by atoms with Crippen molar-refractivity contribution in [1.29, 1.82) is 0 Å². The van der Waals surface area contributed by atoms with E-state index in [1.54, 1.807) is 24.3 Å². The highest BCUT2D eigenvalue weighted by atomic mass is 32.2. The summed E-state index contributed by atoms with van der Waals surface area (Å²) < 4.78 is 25.5. The van der Waals surface area contributed by atoms with Crippen molar-refractivity contribution in [3.63, 3.8) is 0 Å². The minimum absolute atomic E-state index is 0.249. The third-order valence-corrected chi connectivity index (χ3v) is 4.48. The third-order valence-electron chi connectivity index (χ3n) is 3.05. The number of anilines is 1. The topological polar surface area (TPSA) is 72.2 Å². The summed E-state index contributed by atoms with van der Waals surface area (Å²) in [5, 5.41) is 0. The fourth-order valence-corrected chi connectivity index (χ4v) is 2.49. The molecule has 0 saturated carbocycles. The van der Waals surface area contributed by atoms with Crippen molar-refractivity contribution in [3.8, 4) is 11.1 Å². The molecule has 0 aliphatic heterocycles. The molecule has 0 radical (unpaired) electrons. The molecule has 0 heterocycles. The summed E-state index contributed by atoms with van der Waals surface area (Å²) in [6, 6.07) is 12.5. The van der Waals surface area contributed by atoms with Crippen molar-refractivity contribution < 1.29 is 8.42 Å². The second-order valence-electron chi connectivity index (χ2n) is 4.30. The average Bonchev–Trinajstić information content (AvgIpc) is 2.42. The lowest BCUT2D eigenvalue weighted by atomic mass is 10.0. The van der Waals surface area contributed by atoms with E-state index in [1.165, 1.54) is 7.05 Å². The minimum Gasteiger partial charge on any atom is -0.398 e. The zero-order valence-electron chi connectivity index (χ0n) is 10.8. The zero-order valence-corrected chi connectivity index (χ0v) is 11.7. The van der Waals surface area contributed by atoms with Crippen molar-refractivity contribution in [2.45, 2.75) is 11.8 Å². The van der Waals surface area contributed by atoms with Gasteiger partial charge in [-0.15, -0.1) is 0 Å². The van der Waals surface area contributed by atoms with E-state index in [-0.39, 0.29) is 4.90 Å². The first-order chi connectivity index (χ1) is 8.94. The Bertz CT molecular complexity index is 692. The van der Waals surface area contributed by atoms with Gasteiger partial charge in [0.25, 0.3) is 0 Å². The van der Waals surface area contributed by atoms with Crippen LogP contribution >= 0.6 is 0 Å². The number of nitrogens with two attached hydrogens (primary N) is 1. The maximum Gasteiger partial charge on any atom is 0.240 e. The number of rotatable bonds is 3. The molecular weight excluding hydrogens is 260 g/mol. The van der Waals surface area contributed by atoms with E-state index in [0.29, 0.717) is 0 Å². The molecule has 19 heavy (non-hydrogen) atoms. The van der Waals surface area contributed by atoms with Crippen molar-refractivity contribution >= 4 is 15.7 Å². The Balaban J connectivity index is 2.40. The fourth-order valence-electron chi connectivity index (χ4n) is 1.76. The molecule has 4 nitrogen and oxygen atoms in total. The third kappa shape index (κ3) is 2.77. The van der Waals surface area contributed by atoms with E-state index >= 15 is 0 Å². The van der Waals surface area contributed by atoms with Crippen molar-refractivity contribution in [3.05, 3.63) is 48.0 Å². The molecule has 100 valence electrons. The van der Waals surface area contributed by atoms with Gasteiger partial charge in [-0.1, -0.05) is 24.3 Å². The summed E-state index contributed by atoms with van der Waals surface area (Å²) >= 11 is 0. The molecular formula is C14H16N2O2S. The first-order valence-corrected chi connectivity index (χ1v) is 7.32. The predicted molar refractivity (Wildman–Crippen MR) is 77.3 cm³/mol. The second kappa shape index (κ2) is 5.03. The van der Waals surface area contributed by atoms with E-state index in [1.807, 2.05) is 25.1 Å². The van der Waals surface area contributed by atoms with Crippen LogP contribution in [0, 0.1) is 6.92 Å². The smallest absolute Gasteiger partial charge is 0.240 e. The molecule has 0 unspecified atom stereocenters. The predicted octanol–water partition coefficient (Wildman–Crippen LogP) is 2.15. The first-order valence-electron chi connectivity index (χ1n) is 5.84. The van der Waals surface area contributed by atoms with Gasteiger partial charge < -0.3 is 5.73 Å². The summed E-state index contributed by atoms with van der Waals surface area (Å²) in [6.07, 6.45) is 0. The summed E-state index contributed by atoms with van der Waals surface area (Å²) in [4.78, 5) is 0.249. The van der Waals surface area contributed by atoms with Crippen molar-refractivity contribution in [2.75, 3.05) is 12.8 Å². The molecule has 0 bridgehead atoms. The van der Waals surface area contributed by atoms with Crippen LogP contribution in [-0.4, -0.2) is 15.5 Å². The van der Waals surface area contributed by atoms with Gasteiger partial charge in [0, 0.05) is 5.69 Å². The molecule has 2 rings (SSSR count). The van der Waals surface area contributed by atoms with Crippen LogP contribution < -0.4 is 10.5 Å². The highest BCUT2D eigenvalue weighted by Gasteiger charge is 2.10. The Hall–Kier alpha value is -1.85. The van der Waals surface area contributed by atoms with E-state index in [4.69, 9.17) is 5.73 Å². The van der Waals surface area contributed by atoms with Gasteiger partial charge in [0.1, 0.15) is 0 Å². The second-order valence-corrected chi connectivity index (χ2v) is 6.19. The van der Waals surface area contributed by atoms with Gasteiger partial charge in [0.2, 0.25) is 10.0 Å². The van der Waals surface area contributed by atoms with Gasteiger partial charge in [0.15, 0.2) is 0 Å². The number of benzene rings is 2. The van der Waals surface area contributed by atoms with Crippen LogP contribution in [0.1, 0.15) is 5.56 Å². The van der Waals surface area contributed by atoms with Gasteiger partial charge >= 0.3 is 0 Å². The van der Waals surface area contributed by atoms with Crippen LogP contribution in [0.2, 0.25) is 0 Å². The Kier molecular flexibility index (Phi) is 3.59. The average molecular weight is 276 g/mol. The molecule has 0 aliphatic carbocycles. The maximum atomic E-state index is 11.6. The molecule has 0 atom stereocenters. The summed E-state index contributed by atoms with van der Waals surface area (Å²) in [5.41, 5.74) is 9.53. The maximum absolute atomic E-state index is 11.6. The summed E-state index contributed by atoms with van der Waals surface area (Å²) in [5.74, 6) is 0. The zero-order chi connectivity index (χ0) is 14.0. The normalized spacial score (nSPS) is 11.5. The van der Waals surface area contributed by atoms with Crippen LogP contribution in [0.3, 0.4) is 0 Å². The van der Waals surface area contributed by atoms with E-state index < -0.39 is 10.0 Å². The number of nitrogens with one attached hydrogen (secondary N) is 1. The molecule has 0 amide bonds. The van der Waals surface area contributed by atoms with Gasteiger partial charge in [-0.25, -0.2) is 13.1 Å². The van der Waals surface area contributed by atoms with Gasteiger partial charge in [-0.05, 0) is 48.9 Å². The standard InChI is InChI=1S/C14H16N2O2S/c1-10-3-4-12(9-14(10)15)11-5-7-13(8-6-11)19(17,18)16-2/h3-9,16H,15H2,1-2H3. The van der Waals surface area contributed by atoms with Crippen LogP contribution in [0.25, 0.3) is 11.1 Å². The molecule has 2 aromatic rings. The van der Waals surface area contributed by atoms with Gasteiger partial charge in [-0.2, -0.15) is 0 Å². The Morgan fingerprint density at radius 2 is 1.58 bits per heavy atom. The summed E-state index contributed by atoms with van der Waals surface area (Å²) in [7, 11) is -1.99. The van der Waals surface area contributed by atoms with Crippen LogP contribution in [0.4, 0.5) is 5.69 Å². The number of hydrogen-bond donors (Lipinski definition) is 2. The lowest BCUT2D eigenvalue weighted by Crippen LogP contribution is -2.18. The lowest BCUT2D eigenvalue weighted by molar-refractivity contribution is 0.588. The summed E-state index contributed by atoms with van der Waals surface area (Å²) in [6.45, 7) is 1.95. The van der Waals surface area contributed by atoms with Gasteiger partial charge in [-0.3, -0.25) is 0 Å². The SMILES string of the molecule is CNS(=O)(=O)c1ccc(-c2ccc(C)c(N)c2)cc1. The lowest BCUT2D eigenvalue weighted by Gasteiger charge is -2.07.